The molecular weight excluding hydrogens is 286 g/mol. The Kier molecular flexibility index (Phi) is 4.17. The van der Waals surface area contributed by atoms with E-state index in [-0.39, 0.29) is 12.1 Å². The van der Waals surface area contributed by atoms with Gasteiger partial charge in [0.15, 0.2) is 0 Å². The van der Waals surface area contributed by atoms with E-state index in [0.29, 0.717) is 19.7 Å². The maximum absolute atomic E-state index is 12.2. The quantitative estimate of drug-likeness (QED) is 0.927. The molecule has 1 aliphatic rings. The highest BCUT2D eigenvalue weighted by Crippen LogP contribution is 2.25. The lowest BCUT2D eigenvalue weighted by Gasteiger charge is -2.30. The topological polar surface area (TPSA) is 54.5 Å². The van der Waals surface area contributed by atoms with Crippen molar-refractivity contribution in [3.63, 3.8) is 0 Å². The van der Waals surface area contributed by atoms with Crippen molar-refractivity contribution >= 4 is 22.6 Å². The molecule has 3 rings (SSSR count). The zero-order valence-electron chi connectivity index (χ0n) is 11.8. The first kappa shape index (κ1) is 14.0. The summed E-state index contributed by atoms with van der Waals surface area (Å²) in [7, 11) is 0. The molecule has 0 spiro atoms. The van der Waals surface area contributed by atoms with E-state index in [0.717, 1.165) is 16.3 Å². The first-order chi connectivity index (χ1) is 10.2. The van der Waals surface area contributed by atoms with E-state index in [1.165, 1.54) is 11.5 Å². The van der Waals surface area contributed by atoms with Crippen LogP contribution in [0.5, 0.6) is 0 Å². The summed E-state index contributed by atoms with van der Waals surface area (Å²) in [4.78, 5) is 14.0. The van der Waals surface area contributed by atoms with Gasteiger partial charge in [0, 0.05) is 24.7 Å². The average Bonchev–Trinajstić information content (AvgIpc) is 2.97. The number of urea groups is 1. The van der Waals surface area contributed by atoms with Gasteiger partial charge >= 0.3 is 6.03 Å². The largest absolute Gasteiger partial charge is 0.375 e. The van der Waals surface area contributed by atoms with E-state index in [2.05, 4.69) is 9.69 Å². The molecular formula is C15H17N3O2S. The number of anilines is 1. The van der Waals surface area contributed by atoms with Gasteiger partial charge in [-0.1, -0.05) is 30.3 Å². The lowest BCUT2D eigenvalue weighted by molar-refractivity contribution is -0.00137. The first-order valence-corrected chi connectivity index (χ1v) is 7.69. The fourth-order valence-electron chi connectivity index (χ4n) is 2.27. The van der Waals surface area contributed by atoms with Crippen molar-refractivity contribution in [2.24, 2.45) is 0 Å². The monoisotopic (exact) mass is 303 g/mol. The summed E-state index contributed by atoms with van der Waals surface area (Å²) in [6, 6.07) is 11.7. The van der Waals surface area contributed by atoms with Crippen LogP contribution in [0.2, 0.25) is 0 Å². The van der Waals surface area contributed by atoms with E-state index in [4.69, 9.17) is 4.74 Å². The zero-order valence-corrected chi connectivity index (χ0v) is 12.6. The molecule has 2 aromatic rings. The Hall–Kier alpha value is -1.92. The van der Waals surface area contributed by atoms with E-state index < -0.39 is 0 Å². The predicted molar refractivity (Wildman–Crippen MR) is 83.6 cm³/mol. The fourth-order valence-corrected chi connectivity index (χ4v) is 2.92. The molecule has 1 N–H and O–H groups in total. The molecule has 2 heterocycles. The van der Waals surface area contributed by atoms with Crippen molar-refractivity contribution < 1.29 is 9.53 Å². The third-order valence-electron chi connectivity index (χ3n) is 3.34. The number of carbonyl (C=O) groups excluding carboxylic acids is 1. The second-order valence-electron chi connectivity index (χ2n) is 5.00. The molecule has 1 aromatic heterocycles. The lowest BCUT2D eigenvalue weighted by Crippen LogP contribution is -2.46. The molecule has 1 saturated heterocycles. The van der Waals surface area contributed by atoms with Gasteiger partial charge in [0.05, 0.1) is 18.4 Å². The van der Waals surface area contributed by atoms with Gasteiger partial charge in [-0.25, -0.2) is 4.79 Å². The number of rotatable bonds is 2. The number of amides is 2. The van der Waals surface area contributed by atoms with Crippen molar-refractivity contribution in [2.75, 3.05) is 25.0 Å². The minimum absolute atomic E-state index is 0.0887. The van der Waals surface area contributed by atoms with Gasteiger partial charge < -0.3 is 9.64 Å². The van der Waals surface area contributed by atoms with Crippen LogP contribution < -0.4 is 5.32 Å². The molecule has 6 heteroatoms. The van der Waals surface area contributed by atoms with E-state index >= 15 is 0 Å². The number of ether oxygens (including phenoxy) is 1. The first-order valence-electron chi connectivity index (χ1n) is 6.92. The van der Waals surface area contributed by atoms with Crippen molar-refractivity contribution in [3.05, 3.63) is 36.4 Å². The Morgan fingerprint density at radius 3 is 3.00 bits per heavy atom. The van der Waals surface area contributed by atoms with Gasteiger partial charge in [-0.2, -0.15) is 4.37 Å². The van der Waals surface area contributed by atoms with Crippen LogP contribution in [0.15, 0.2) is 36.4 Å². The van der Waals surface area contributed by atoms with Gasteiger partial charge in [0.25, 0.3) is 0 Å². The molecule has 1 aromatic carbocycles. The van der Waals surface area contributed by atoms with Crippen LogP contribution in [-0.4, -0.2) is 41.1 Å². The number of carbonyl (C=O) groups is 1. The van der Waals surface area contributed by atoms with E-state index in [1.807, 2.05) is 43.3 Å². The van der Waals surface area contributed by atoms with Gasteiger partial charge in [0.1, 0.15) is 5.00 Å². The van der Waals surface area contributed by atoms with Crippen molar-refractivity contribution in [3.8, 4) is 11.3 Å². The highest BCUT2D eigenvalue weighted by atomic mass is 32.1. The van der Waals surface area contributed by atoms with Gasteiger partial charge in [-0.05, 0) is 18.5 Å². The normalized spacial score (nSPS) is 18.5. The predicted octanol–water partition coefficient (Wildman–Crippen LogP) is 3.06. The van der Waals surface area contributed by atoms with Crippen LogP contribution in [0.3, 0.4) is 0 Å². The van der Waals surface area contributed by atoms with Crippen LogP contribution in [0, 0.1) is 0 Å². The number of benzene rings is 1. The van der Waals surface area contributed by atoms with Crippen molar-refractivity contribution in [1.29, 1.82) is 0 Å². The average molecular weight is 303 g/mol. The smallest absolute Gasteiger partial charge is 0.322 e. The van der Waals surface area contributed by atoms with Gasteiger partial charge in [-0.3, -0.25) is 5.32 Å². The molecule has 1 aliphatic heterocycles. The molecule has 1 fully saturated rings. The summed E-state index contributed by atoms with van der Waals surface area (Å²) < 4.78 is 9.82. The van der Waals surface area contributed by atoms with Crippen LogP contribution in [0.4, 0.5) is 9.80 Å². The van der Waals surface area contributed by atoms with Crippen LogP contribution in [-0.2, 0) is 4.74 Å². The molecule has 5 nitrogen and oxygen atoms in total. The molecule has 21 heavy (non-hydrogen) atoms. The summed E-state index contributed by atoms with van der Waals surface area (Å²) in [5.74, 6) is 0. The van der Waals surface area contributed by atoms with Crippen LogP contribution in [0.25, 0.3) is 11.3 Å². The highest BCUT2D eigenvalue weighted by Gasteiger charge is 2.21. The Morgan fingerprint density at radius 1 is 1.43 bits per heavy atom. The highest BCUT2D eigenvalue weighted by molar-refractivity contribution is 7.10. The van der Waals surface area contributed by atoms with Crippen LogP contribution in [0.1, 0.15) is 6.92 Å². The minimum Gasteiger partial charge on any atom is -0.375 e. The zero-order chi connectivity index (χ0) is 14.7. The molecule has 0 bridgehead atoms. The summed E-state index contributed by atoms with van der Waals surface area (Å²) in [5, 5.41) is 3.67. The number of hydrogen-bond donors (Lipinski definition) is 1. The number of nitrogens with zero attached hydrogens (tertiary/aromatic N) is 2. The van der Waals surface area contributed by atoms with Gasteiger partial charge in [0.2, 0.25) is 0 Å². The lowest BCUT2D eigenvalue weighted by atomic mass is 10.2. The van der Waals surface area contributed by atoms with E-state index in [1.54, 1.807) is 4.90 Å². The number of nitrogens with one attached hydrogen (secondary N) is 1. The Labute approximate surface area is 127 Å². The summed E-state index contributed by atoms with van der Waals surface area (Å²) in [6.45, 7) is 3.81. The molecule has 1 atom stereocenters. The number of morpholine rings is 1. The van der Waals surface area contributed by atoms with Crippen LogP contribution >= 0.6 is 11.5 Å². The molecule has 110 valence electrons. The second-order valence-corrected chi connectivity index (χ2v) is 5.80. The maximum Gasteiger partial charge on any atom is 0.322 e. The Bertz CT molecular complexity index is 614. The SMILES string of the molecule is C[C@H]1CN(C(=O)Nc2cc(-c3ccccc3)ns2)CCO1. The molecule has 0 aliphatic carbocycles. The maximum atomic E-state index is 12.2. The summed E-state index contributed by atoms with van der Waals surface area (Å²) in [5.41, 5.74) is 1.93. The third-order valence-corrected chi connectivity index (χ3v) is 4.04. The summed E-state index contributed by atoms with van der Waals surface area (Å²) >= 11 is 1.30. The number of hydrogen-bond acceptors (Lipinski definition) is 4. The van der Waals surface area contributed by atoms with Gasteiger partial charge in [-0.15, -0.1) is 0 Å². The minimum atomic E-state index is -0.0894. The molecule has 0 unspecified atom stereocenters. The van der Waals surface area contributed by atoms with E-state index in [9.17, 15) is 4.79 Å². The Balaban J connectivity index is 1.66. The molecule has 2 amide bonds. The summed E-state index contributed by atoms with van der Waals surface area (Å²) in [6.07, 6.45) is 0.0887. The third kappa shape index (κ3) is 3.40. The fraction of sp³-hybridized carbons (Fsp3) is 0.333. The van der Waals surface area contributed by atoms with Crippen molar-refractivity contribution in [2.45, 2.75) is 13.0 Å². The van der Waals surface area contributed by atoms with Crippen molar-refractivity contribution in [1.82, 2.24) is 9.27 Å². The second kappa shape index (κ2) is 6.24. The molecule has 0 radical (unpaired) electrons. The molecule has 0 saturated carbocycles. The standard InChI is InChI=1S/C15H17N3O2S/c1-11-10-18(7-8-20-11)15(19)16-14-9-13(17-21-14)12-5-3-2-4-6-12/h2-6,9,11H,7-8,10H2,1H3,(H,16,19)/t11-/m0/s1. The number of aromatic nitrogens is 1. The Morgan fingerprint density at radius 2 is 2.24 bits per heavy atom.